The zero-order chi connectivity index (χ0) is 23.5. The average Bonchev–Trinajstić information content (AvgIpc) is 2.76. The van der Waals surface area contributed by atoms with Crippen molar-refractivity contribution in [3.63, 3.8) is 0 Å². The number of nitrogens with one attached hydrogen (secondary N) is 2. The number of methoxy groups -OCH3 is 3. The molecule has 1 unspecified atom stereocenters. The lowest BCUT2D eigenvalue weighted by Gasteiger charge is -2.24. The van der Waals surface area contributed by atoms with Gasteiger partial charge < -0.3 is 24.8 Å². The van der Waals surface area contributed by atoms with Gasteiger partial charge in [0.1, 0.15) is 5.75 Å². The number of fused-ring (bicyclic) bond motifs is 1. The summed E-state index contributed by atoms with van der Waals surface area (Å²) in [5.74, 6) is 0.504. The summed E-state index contributed by atoms with van der Waals surface area (Å²) < 4.78 is 54.4. The first-order chi connectivity index (χ1) is 15.2. The Kier molecular flexibility index (Phi) is 7.07. The zero-order valence-corrected chi connectivity index (χ0v) is 18.3. The van der Waals surface area contributed by atoms with Crippen LogP contribution in [0.3, 0.4) is 0 Å². The van der Waals surface area contributed by atoms with Crippen LogP contribution in [0.4, 0.5) is 18.9 Å². The van der Waals surface area contributed by atoms with Crippen LogP contribution in [0, 0.1) is 0 Å². The van der Waals surface area contributed by atoms with Crippen molar-refractivity contribution in [2.45, 2.75) is 29.3 Å². The molecule has 2 amide bonds. The molecule has 11 heteroatoms. The maximum absolute atomic E-state index is 12.9. The Morgan fingerprint density at radius 1 is 1.06 bits per heavy atom. The molecule has 0 fully saturated rings. The van der Waals surface area contributed by atoms with E-state index in [0.29, 0.717) is 27.7 Å². The van der Waals surface area contributed by atoms with Crippen molar-refractivity contribution < 1.29 is 37.0 Å². The molecule has 1 heterocycles. The third-order valence-electron chi connectivity index (χ3n) is 4.76. The number of carbonyl (C=O) groups is 2. The Morgan fingerprint density at radius 2 is 1.72 bits per heavy atom. The van der Waals surface area contributed by atoms with Gasteiger partial charge in [0.15, 0.2) is 11.5 Å². The minimum atomic E-state index is -4.51. The number of amides is 2. The van der Waals surface area contributed by atoms with Crippen LogP contribution in [0.1, 0.15) is 17.5 Å². The van der Waals surface area contributed by atoms with E-state index < -0.39 is 28.8 Å². The van der Waals surface area contributed by atoms with E-state index in [1.807, 2.05) is 0 Å². The highest BCUT2D eigenvalue weighted by Crippen LogP contribution is 2.40. The second-order valence-electron chi connectivity index (χ2n) is 6.80. The van der Waals surface area contributed by atoms with E-state index in [1.165, 1.54) is 27.4 Å². The number of alkyl halides is 3. The van der Waals surface area contributed by atoms with Crippen LogP contribution in [0.25, 0.3) is 0 Å². The second-order valence-corrected chi connectivity index (χ2v) is 8.05. The largest absolute Gasteiger partial charge is 0.496 e. The summed E-state index contributed by atoms with van der Waals surface area (Å²) in [5, 5.41) is 4.41. The first-order valence-corrected chi connectivity index (χ1v) is 10.3. The fourth-order valence-corrected chi connectivity index (χ4v) is 4.22. The SMILES string of the molecule is COc1cc(OC)c(OC)cc1CNC(=O)CC1Sc2ccc(C(F)(F)F)cc2NC1=O. The van der Waals surface area contributed by atoms with Crippen molar-refractivity contribution in [3.05, 3.63) is 41.5 Å². The van der Waals surface area contributed by atoms with Gasteiger partial charge in [-0.2, -0.15) is 13.2 Å². The van der Waals surface area contributed by atoms with Crippen molar-refractivity contribution in [2.24, 2.45) is 0 Å². The van der Waals surface area contributed by atoms with E-state index in [0.717, 1.165) is 23.9 Å². The molecule has 2 N–H and O–H groups in total. The lowest BCUT2D eigenvalue weighted by atomic mass is 10.1. The summed E-state index contributed by atoms with van der Waals surface area (Å²) in [6, 6.07) is 6.44. The molecule has 172 valence electrons. The summed E-state index contributed by atoms with van der Waals surface area (Å²) in [7, 11) is 4.46. The molecule has 0 radical (unpaired) electrons. The lowest BCUT2D eigenvalue weighted by Crippen LogP contribution is -2.34. The summed E-state index contributed by atoms with van der Waals surface area (Å²) in [5.41, 5.74) is -0.122. The molecule has 0 saturated heterocycles. The molecule has 0 aliphatic carbocycles. The molecule has 1 aliphatic rings. The van der Waals surface area contributed by atoms with E-state index >= 15 is 0 Å². The smallest absolute Gasteiger partial charge is 0.416 e. The molecule has 7 nitrogen and oxygen atoms in total. The topological polar surface area (TPSA) is 85.9 Å². The maximum Gasteiger partial charge on any atom is 0.416 e. The van der Waals surface area contributed by atoms with Gasteiger partial charge in [-0.15, -0.1) is 11.8 Å². The molecule has 0 aromatic heterocycles. The lowest BCUT2D eigenvalue weighted by molar-refractivity contribution is -0.137. The molecule has 0 spiro atoms. The van der Waals surface area contributed by atoms with Gasteiger partial charge in [0, 0.05) is 29.5 Å². The van der Waals surface area contributed by atoms with Gasteiger partial charge in [-0.1, -0.05) is 0 Å². The average molecular weight is 470 g/mol. The minimum Gasteiger partial charge on any atom is -0.496 e. The molecule has 3 rings (SSSR count). The van der Waals surface area contributed by atoms with Gasteiger partial charge in [-0.3, -0.25) is 9.59 Å². The van der Waals surface area contributed by atoms with Crippen LogP contribution >= 0.6 is 11.8 Å². The van der Waals surface area contributed by atoms with Crippen LogP contribution in [0.5, 0.6) is 17.2 Å². The molecule has 0 bridgehead atoms. The van der Waals surface area contributed by atoms with Gasteiger partial charge in [0.2, 0.25) is 11.8 Å². The van der Waals surface area contributed by atoms with E-state index in [9.17, 15) is 22.8 Å². The minimum absolute atomic E-state index is 0.0848. The number of carbonyl (C=O) groups excluding carboxylic acids is 2. The van der Waals surface area contributed by atoms with Gasteiger partial charge in [0.05, 0.1) is 37.8 Å². The highest BCUT2D eigenvalue weighted by atomic mass is 32.2. The molecule has 2 aromatic carbocycles. The van der Waals surface area contributed by atoms with Crippen LogP contribution in [-0.2, 0) is 22.3 Å². The van der Waals surface area contributed by atoms with Crippen molar-refractivity contribution in [1.29, 1.82) is 0 Å². The van der Waals surface area contributed by atoms with Crippen molar-refractivity contribution in [1.82, 2.24) is 5.32 Å². The van der Waals surface area contributed by atoms with Crippen LogP contribution in [-0.4, -0.2) is 38.4 Å². The van der Waals surface area contributed by atoms with E-state index in [2.05, 4.69) is 10.6 Å². The summed E-state index contributed by atoms with van der Waals surface area (Å²) in [6.45, 7) is 0.118. The molecular weight excluding hydrogens is 449 g/mol. The van der Waals surface area contributed by atoms with E-state index in [1.54, 1.807) is 12.1 Å². The first-order valence-electron chi connectivity index (χ1n) is 9.40. The van der Waals surface area contributed by atoms with Crippen molar-refractivity contribution in [3.8, 4) is 17.2 Å². The van der Waals surface area contributed by atoms with Crippen LogP contribution in [0.15, 0.2) is 35.2 Å². The monoisotopic (exact) mass is 470 g/mol. The van der Waals surface area contributed by atoms with Crippen LogP contribution < -0.4 is 24.8 Å². The Morgan fingerprint density at radius 3 is 2.34 bits per heavy atom. The van der Waals surface area contributed by atoms with E-state index in [4.69, 9.17) is 14.2 Å². The number of ether oxygens (including phenoxy) is 3. The summed E-state index contributed by atoms with van der Waals surface area (Å²) in [6.07, 6.45) is -4.65. The summed E-state index contributed by atoms with van der Waals surface area (Å²) in [4.78, 5) is 25.3. The first kappa shape index (κ1) is 23.6. The number of hydrogen-bond acceptors (Lipinski definition) is 6. The molecular formula is C21H21F3N2O5S. The number of halogens is 3. The van der Waals surface area contributed by atoms with Crippen LogP contribution in [0.2, 0.25) is 0 Å². The fraction of sp³-hybridized carbons (Fsp3) is 0.333. The fourth-order valence-electron chi connectivity index (χ4n) is 3.13. The Hall–Kier alpha value is -3.08. The van der Waals surface area contributed by atoms with Crippen molar-refractivity contribution >= 4 is 29.3 Å². The summed E-state index contributed by atoms with van der Waals surface area (Å²) >= 11 is 1.05. The molecule has 32 heavy (non-hydrogen) atoms. The number of rotatable bonds is 7. The van der Waals surface area contributed by atoms with Crippen molar-refractivity contribution in [2.75, 3.05) is 26.6 Å². The Labute approximate surface area is 186 Å². The third-order valence-corrected chi connectivity index (χ3v) is 6.04. The predicted molar refractivity (Wildman–Crippen MR) is 112 cm³/mol. The number of anilines is 1. The van der Waals surface area contributed by atoms with Gasteiger partial charge >= 0.3 is 6.18 Å². The number of benzene rings is 2. The molecule has 1 aliphatic heterocycles. The van der Waals surface area contributed by atoms with Gasteiger partial charge in [0.25, 0.3) is 0 Å². The normalized spacial score (nSPS) is 15.4. The van der Waals surface area contributed by atoms with Gasteiger partial charge in [-0.25, -0.2) is 0 Å². The third kappa shape index (κ3) is 5.21. The van der Waals surface area contributed by atoms with E-state index in [-0.39, 0.29) is 18.7 Å². The highest BCUT2D eigenvalue weighted by Gasteiger charge is 2.34. The quantitative estimate of drug-likeness (QED) is 0.640. The second kappa shape index (κ2) is 9.60. The molecule has 0 saturated carbocycles. The Bertz CT molecular complexity index is 1030. The number of hydrogen-bond donors (Lipinski definition) is 2. The standard InChI is InChI=1S/C21H21F3N2O5S/c1-29-14-8-16(31-3)15(30-2)6-11(14)10-25-19(27)9-18-20(28)26-13-7-12(21(22,23)24)4-5-17(13)32-18/h4-8,18H,9-10H2,1-3H3,(H,25,27)(H,26,28). The predicted octanol–water partition coefficient (Wildman–Crippen LogP) is 3.85. The number of thioether (sulfide) groups is 1. The molecule has 1 atom stereocenters. The van der Waals surface area contributed by atoms with Gasteiger partial charge in [-0.05, 0) is 24.3 Å². The maximum atomic E-state index is 12.9. The molecule has 2 aromatic rings. The highest BCUT2D eigenvalue weighted by molar-refractivity contribution is 8.01. The Balaban J connectivity index is 1.65. The zero-order valence-electron chi connectivity index (χ0n) is 17.5.